The van der Waals surface area contributed by atoms with Gasteiger partial charge in [0.05, 0.1) is 16.6 Å². The molecule has 9 heteroatoms. The lowest BCUT2D eigenvalue weighted by molar-refractivity contribution is -0.147. The average molecular weight is 512 g/mol. The second kappa shape index (κ2) is 9.81. The van der Waals surface area contributed by atoms with Crippen LogP contribution in [0.5, 0.6) is 11.5 Å². The van der Waals surface area contributed by atoms with Crippen LogP contribution in [0.15, 0.2) is 61.1 Å². The van der Waals surface area contributed by atoms with Gasteiger partial charge in [-0.25, -0.2) is 9.37 Å². The van der Waals surface area contributed by atoms with Gasteiger partial charge in [0.2, 0.25) is 0 Å². The third kappa shape index (κ3) is 5.10. The van der Waals surface area contributed by atoms with E-state index in [1.54, 1.807) is 41.9 Å². The Bertz CT molecular complexity index is 1380. The number of carbonyl (C=O) groups is 1. The van der Waals surface area contributed by atoms with Crippen LogP contribution in [0.4, 0.5) is 4.39 Å². The van der Waals surface area contributed by atoms with Crippen molar-refractivity contribution < 1.29 is 19.0 Å². The monoisotopic (exact) mass is 511 g/mol. The number of halogens is 2. The molecule has 1 aliphatic rings. The predicted octanol–water partition coefficient (Wildman–Crippen LogP) is 6.26. The Labute approximate surface area is 211 Å². The predicted molar refractivity (Wildman–Crippen MR) is 134 cm³/mol. The molecule has 3 heterocycles. The third-order valence-electron chi connectivity index (χ3n) is 5.97. The number of ether oxygens (including phenoxy) is 1. The Kier molecular flexibility index (Phi) is 6.60. The molecule has 6 nitrogen and oxygen atoms in total. The van der Waals surface area contributed by atoms with Crippen LogP contribution >= 0.6 is 22.9 Å². The number of aliphatic carboxylic acids is 1. The minimum Gasteiger partial charge on any atom is -0.481 e. The van der Waals surface area contributed by atoms with Gasteiger partial charge in [-0.2, -0.15) is 0 Å². The lowest BCUT2D eigenvalue weighted by atomic mass is 10.0. The second-order valence-corrected chi connectivity index (χ2v) is 10.0. The zero-order valence-electron chi connectivity index (χ0n) is 18.9. The number of nitrogens with zero attached hydrogens (tertiary/aromatic N) is 3. The second-order valence-electron chi connectivity index (χ2n) is 8.50. The number of aryl methyl sites for hydroxylation is 1. The number of hydrogen-bond donors (Lipinski definition) is 1. The maximum Gasteiger partial charge on any atom is 0.309 e. The molecule has 0 bridgehead atoms. The van der Waals surface area contributed by atoms with Crippen molar-refractivity contribution in [3.05, 3.63) is 82.3 Å². The van der Waals surface area contributed by atoms with E-state index < -0.39 is 5.97 Å². The first-order valence-corrected chi connectivity index (χ1v) is 12.4. The fourth-order valence-corrected chi connectivity index (χ4v) is 5.54. The van der Waals surface area contributed by atoms with Crippen molar-refractivity contribution in [2.45, 2.75) is 19.9 Å². The van der Waals surface area contributed by atoms with Crippen LogP contribution in [0.1, 0.15) is 17.4 Å². The molecule has 1 aliphatic heterocycles. The first kappa shape index (κ1) is 23.5. The summed E-state index contributed by atoms with van der Waals surface area (Å²) >= 11 is 8.15. The van der Waals surface area contributed by atoms with E-state index in [1.807, 2.05) is 16.8 Å². The molecule has 5 rings (SSSR count). The molecular formula is C26H23ClFN3O3S. The molecule has 0 aliphatic carbocycles. The van der Waals surface area contributed by atoms with Gasteiger partial charge in [-0.15, -0.1) is 11.3 Å². The van der Waals surface area contributed by atoms with Gasteiger partial charge in [-0.3, -0.25) is 14.3 Å². The summed E-state index contributed by atoms with van der Waals surface area (Å²) < 4.78 is 21.2. The summed E-state index contributed by atoms with van der Waals surface area (Å²) in [6.45, 7) is 4.07. The fourth-order valence-electron chi connectivity index (χ4n) is 4.08. The van der Waals surface area contributed by atoms with Gasteiger partial charge in [0.15, 0.2) is 0 Å². The van der Waals surface area contributed by atoms with Crippen LogP contribution in [-0.4, -0.2) is 38.6 Å². The number of carboxylic acids is 1. The van der Waals surface area contributed by atoms with Crippen molar-refractivity contribution >= 4 is 28.9 Å². The van der Waals surface area contributed by atoms with Crippen LogP contribution in [-0.2, 0) is 17.8 Å². The number of hydrogen-bond acceptors (Lipinski definition) is 5. The molecule has 180 valence electrons. The number of rotatable bonds is 8. The van der Waals surface area contributed by atoms with Gasteiger partial charge in [0.25, 0.3) is 0 Å². The molecule has 4 aromatic rings. The van der Waals surface area contributed by atoms with Crippen molar-refractivity contribution in [2.75, 3.05) is 13.1 Å². The Balaban J connectivity index is 1.32. The summed E-state index contributed by atoms with van der Waals surface area (Å²) in [5.41, 5.74) is 2.84. The van der Waals surface area contributed by atoms with Crippen molar-refractivity contribution in [2.24, 2.45) is 5.92 Å². The first-order chi connectivity index (χ1) is 16.9. The zero-order valence-corrected chi connectivity index (χ0v) is 20.5. The number of thiophene rings is 1. The maximum atomic E-state index is 13.4. The van der Waals surface area contributed by atoms with Gasteiger partial charge in [-0.1, -0.05) is 24.6 Å². The Hall–Kier alpha value is -3.20. The normalized spacial score (nSPS) is 14.1. The van der Waals surface area contributed by atoms with Gasteiger partial charge in [0.1, 0.15) is 28.6 Å². The van der Waals surface area contributed by atoms with Crippen molar-refractivity contribution in [3.63, 3.8) is 0 Å². The Morgan fingerprint density at radius 3 is 2.80 bits per heavy atom. The van der Waals surface area contributed by atoms with E-state index in [-0.39, 0.29) is 11.7 Å². The van der Waals surface area contributed by atoms with E-state index >= 15 is 0 Å². The third-order valence-corrected chi connectivity index (χ3v) is 7.44. The molecule has 0 saturated carbocycles. The molecule has 2 aromatic carbocycles. The van der Waals surface area contributed by atoms with Crippen LogP contribution in [0.25, 0.3) is 16.3 Å². The first-order valence-electron chi connectivity index (χ1n) is 11.2. The molecule has 0 spiro atoms. The molecule has 0 atom stereocenters. The van der Waals surface area contributed by atoms with E-state index in [0.29, 0.717) is 29.6 Å². The average Bonchev–Trinajstić information content (AvgIpc) is 3.44. The van der Waals surface area contributed by atoms with Crippen LogP contribution in [0, 0.1) is 11.7 Å². The van der Waals surface area contributed by atoms with Crippen LogP contribution in [0.2, 0.25) is 5.02 Å². The van der Waals surface area contributed by atoms with E-state index in [9.17, 15) is 9.18 Å². The van der Waals surface area contributed by atoms with Crippen molar-refractivity contribution in [1.29, 1.82) is 0 Å². The standard InChI is InChI=1S/C26H23ClFN3O3S/c1-2-16-8-21(13-30-11-18(12-30)26(32)33)35-25(16)31-14-23(29-15-31)17-6-7-24(22(27)9-17)34-20-5-3-4-19(28)10-20/h3-10,14-15,18H,2,11-13H2,1H3,(H,32,33). The number of aromatic nitrogens is 2. The highest BCUT2D eigenvalue weighted by Gasteiger charge is 2.32. The summed E-state index contributed by atoms with van der Waals surface area (Å²) in [7, 11) is 0. The highest BCUT2D eigenvalue weighted by Crippen LogP contribution is 2.35. The lowest BCUT2D eigenvalue weighted by Crippen LogP contribution is -2.49. The van der Waals surface area contributed by atoms with Crippen LogP contribution in [0.3, 0.4) is 0 Å². The highest BCUT2D eigenvalue weighted by atomic mass is 35.5. The number of carboxylic acid groups (broad SMARTS) is 1. The summed E-state index contributed by atoms with van der Waals surface area (Å²) in [4.78, 5) is 19.0. The lowest BCUT2D eigenvalue weighted by Gasteiger charge is -2.36. The minimum atomic E-state index is -0.720. The van der Waals surface area contributed by atoms with Gasteiger partial charge in [0, 0.05) is 42.3 Å². The molecule has 35 heavy (non-hydrogen) atoms. The summed E-state index contributed by atoms with van der Waals surface area (Å²) in [6, 6.07) is 13.5. The SMILES string of the molecule is CCc1cc(CN2CC(C(=O)O)C2)sc1-n1cnc(-c2ccc(Oc3cccc(F)c3)c(Cl)c2)c1. The van der Waals surface area contributed by atoms with Gasteiger partial charge >= 0.3 is 5.97 Å². The summed E-state index contributed by atoms with van der Waals surface area (Å²) in [5.74, 6) is -0.539. The highest BCUT2D eigenvalue weighted by molar-refractivity contribution is 7.14. The summed E-state index contributed by atoms with van der Waals surface area (Å²) in [5, 5.41) is 10.6. The maximum absolute atomic E-state index is 13.4. The number of benzene rings is 2. The fraction of sp³-hybridized carbons (Fsp3) is 0.231. The van der Waals surface area contributed by atoms with E-state index in [4.69, 9.17) is 21.4 Å². The minimum absolute atomic E-state index is 0.256. The smallest absolute Gasteiger partial charge is 0.309 e. The van der Waals surface area contributed by atoms with Crippen LogP contribution < -0.4 is 4.74 Å². The molecule has 2 aromatic heterocycles. The molecule has 1 fully saturated rings. The van der Waals surface area contributed by atoms with Gasteiger partial charge in [-0.05, 0) is 48.4 Å². The number of imidazole rings is 1. The quantitative estimate of drug-likeness (QED) is 0.302. The van der Waals surface area contributed by atoms with E-state index in [1.165, 1.54) is 22.6 Å². The Morgan fingerprint density at radius 2 is 2.09 bits per heavy atom. The number of likely N-dealkylation sites (tertiary alicyclic amines) is 1. The zero-order chi connectivity index (χ0) is 24.5. The molecule has 0 amide bonds. The molecular weight excluding hydrogens is 489 g/mol. The molecule has 1 N–H and O–H groups in total. The van der Waals surface area contributed by atoms with E-state index in [2.05, 4.69) is 22.9 Å². The summed E-state index contributed by atoms with van der Waals surface area (Å²) in [6.07, 6.45) is 4.64. The largest absolute Gasteiger partial charge is 0.481 e. The van der Waals surface area contributed by atoms with Crippen molar-refractivity contribution in [3.8, 4) is 27.8 Å². The van der Waals surface area contributed by atoms with E-state index in [0.717, 1.165) is 29.2 Å². The van der Waals surface area contributed by atoms with Crippen molar-refractivity contribution in [1.82, 2.24) is 14.5 Å². The molecule has 0 radical (unpaired) electrons. The molecule has 1 saturated heterocycles. The Morgan fingerprint density at radius 1 is 1.26 bits per heavy atom. The molecule has 0 unspecified atom stereocenters. The van der Waals surface area contributed by atoms with Gasteiger partial charge < -0.3 is 9.84 Å². The topological polar surface area (TPSA) is 67.6 Å².